The summed E-state index contributed by atoms with van der Waals surface area (Å²) in [6.07, 6.45) is 0.348. The van der Waals surface area contributed by atoms with Crippen molar-refractivity contribution in [3.63, 3.8) is 0 Å². The summed E-state index contributed by atoms with van der Waals surface area (Å²) in [7, 11) is -1.68. The number of nitrogens with zero attached hydrogens (tertiary/aromatic N) is 1. The lowest BCUT2D eigenvalue weighted by Crippen LogP contribution is -2.40. The highest BCUT2D eigenvalue weighted by atomic mass is 35.5. The third-order valence-corrected chi connectivity index (χ3v) is 6.35. The number of halogens is 1. The predicted octanol–water partition coefficient (Wildman–Crippen LogP) is 1.25. The van der Waals surface area contributed by atoms with Crippen molar-refractivity contribution in [2.24, 2.45) is 0 Å². The number of hydrogen-bond acceptors (Lipinski definition) is 7. The molecule has 1 aliphatic rings. The number of hydrogen-bond donors (Lipinski definition) is 0. The first-order valence-corrected chi connectivity index (χ1v) is 10.2. The van der Waals surface area contributed by atoms with Crippen molar-refractivity contribution in [3.05, 3.63) is 45.3 Å². The maximum atomic E-state index is 12.1. The number of likely N-dealkylation sites (N-methyl/N-ethyl adjacent to an activating group) is 1. The molecular formula is C17H16ClNO7S. The number of esters is 1. The summed E-state index contributed by atoms with van der Waals surface area (Å²) in [4.78, 5) is 37.6. The zero-order valence-corrected chi connectivity index (χ0v) is 15.9. The van der Waals surface area contributed by atoms with E-state index in [4.69, 9.17) is 20.8 Å². The van der Waals surface area contributed by atoms with Gasteiger partial charge in [0.25, 0.3) is 5.91 Å². The summed E-state index contributed by atoms with van der Waals surface area (Å²) in [6, 6.07) is 4.92. The maximum absolute atomic E-state index is 12.1. The van der Waals surface area contributed by atoms with Gasteiger partial charge in [-0.1, -0.05) is 11.6 Å². The molecule has 2 heterocycles. The van der Waals surface area contributed by atoms with Gasteiger partial charge in [0, 0.05) is 24.2 Å². The monoisotopic (exact) mass is 413 g/mol. The first-order valence-electron chi connectivity index (χ1n) is 8.03. The lowest BCUT2D eigenvalue weighted by Gasteiger charge is -2.23. The Bertz CT molecular complexity index is 1080. The lowest BCUT2D eigenvalue weighted by atomic mass is 10.2. The molecule has 0 aliphatic carbocycles. The average Bonchev–Trinajstić information content (AvgIpc) is 2.99. The number of amides is 1. The van der Waals surface area contributed by atoms with Crippen LogP contribution in [0.3, 0.4) is 0 Å². The van der Waals surface area contributed by atoms with Crippen LogP contribution >= 0.6 is 11.6 Å². The van der Waals surface area contributed by atoms with Crippen molar-refractivity contribution in [2.45, 2.75) is 12.5 Å². The van der Waals surface area contributed by atoms with Gasteiger partial charge in [-0.15, -0.1) is 0 Å². The summed E-state index contributed by atoms with van der Waals surface area (Å²) in [5, 5.41) is 0.574. The SMILES string of the molecule is CN(C(=O)COC(=O)c1cc(=O)c2cc(Cl)ccc2o1)[C@@H]1CCS(=O)(=O)C1. The fourth-order valence-corrected chi connectivity index (χ4v) is 4.76. The van der Waals surface area contributed by atoms with E-state index in [0.29, 0.717) is 11.4 Å². The topological polar surface area (TPSA) is 111 Å². The highest BCUT2D eigenvalue weighted by Gasteiger charge is 2.33. The second-order valence-corrected chi connectivity index (χ2v) is 8.92. The molecule has 1 aliphatic heterocycles. The molecule has 1 aromatic heterocycles. The Labute approximate surface area is 159 Å². The van der Waals surface area contributed by atoms with Crippen LogP contribution in [0.2, 0.25) is 5.02 Å². The van der Waals surface area contributed by atoms with Crippen molar-refractivity contribution >= 4 is 44.3 Å². The second-order valence-electron chi connectivity index (χ2n) is 6.25. The number of fused-ring (bicyclic) bond motifs is 1. The van der Waals surface area contributed by atoms with Crippen molar-refractivity contribution in [2.75, 3.05) is 25.2 Å². The Balaban J connectivity index is 1.67. The molecular weight excluding hydrogens is 398 g/mol. The molecule has 1 amide bonds. The third kappa shape index (κ3) is 4.30. The number of carbonyl (C=O) groups excluding carboxylic acids is 2. The molecule has 0 radical (unpaired) electrons. The molecule has 1 atom stereocenters. The van der Waals surface area contributed by atoms with E-state index in [2.05, 4.69) is 0 Å². The summed E-state index contributed by atoms with van der Waals surface area (Å²) in [5.41, 5.74) is -0.302. The number of sulfone groups is 1. The molecule has 1 aromatic carbocycles. The summed E-state index contributed by atoms with van der Waals surface area (Å²) < 4.78 is 33.3. The Morgan fingerprint density at radius 2 is 2.07 bits per heavy atom. The number of rotatable bonds is 4. The Morgan fingerprint density at radius 3 is 2.74 bits per heavy atom. The molecule has 0 unspecified atom stereocenters. The van der Waals surface area contributed by atoms with E-state index in [9.17, 15) is 22.8 Å². The van der Waals surface area contributed by atoms with Crippen LogP contribution in [0.1, 0.15) is 17.0 Å². The number of carbonyl (C=O) groups is 2. The largest absolute Gasteiger partial charge is 0.450 e. The van der Waals surface area contributed by atoms with Crippen LogP contribution in [0, 0.1) is 0 Å². The van der Waals surface area contributed by atoms with Crippen molar-refractivity contribution < 1.29 is 27.2 Å². The van der Waals surface area contributed by atoms with E-state index >= 15 is 0 Å². The average molecular weight is 414 g/mol. The molecule has 1 fully saturated rings. The normalized spacial score (nSPS) is 18.4. The number of ether oxygens (including phenoxy) is 1. The molecule has 8 nitrogen and oxygen atoms in total. The van der Waals surface area contributed by atoms with E-state index in [1.807, 2.05) is 0 Å². The minimum atomic E-state index is -3.14. The second kappa shape index (κ2) is 7.32. The van der Waals surface area contributed by atoms with E-state index in [1.165, 1.54) is 30.1 Å². The minimum Gasteiger partial charge on any atom is -0.450 e. The van der Waals surface area contributed by atoms with Gasteiger partial charge in [-0.3, -0.25) is 9.59 Å². The van der Waals surface area contributed by atoms with E-state index < -0.39 is 39.8 Å². The quantitative estimate of drug-likeness (QED) is 0.693. The van der Waals surface area contributed by atoms with Gasteiger partial charge in [0.1, 0.15) is 5.58 Å². The van der Waals surface area contributed by atoms with Gasteiger partial charge in [-0.25, -0.2) is 13.2 Å². The van der Waals surface area contributed by atoms with Crippen LogP contribution < -0.4 is 5.43 Å². The predicted molar refractivity (Wildman–Crippen MR) is 97.6 cm³/mol. The smallest absolute Gasteiger partial charge is 0.374 e. The molecule has 27 heavy (non-hydrogen) atoms. The van der Waals surface area contributed by atoms with Gasteiger partial charge >= 0.3 is 5.97 Å². The fourth-order valence-electron chi connectivity index (χ4n) is 2.81. The van der Waals surface area contributed by atoms with Crippen molar-refractivity contribution in [3.8, 4) is 0 Å². The maximum Gasteiger partial charge on any atom is 0.374 e. The fraction of sp³-hybridized carbons (Fsp3) is 0.353. The van der Waals surface area contributed by atoms with Crippen LogP contribution in [0.15, 0.2) is 33.5 Å². The molecule has 0 N–H and O–H groups in total. The Kier molecular flexibility index (Phi) is 5.25. The van der Waals surface area contributed by atoms with Crippen LogP contribution in [0.4, 0.5) is 0 Å². The summed E-state index contributed by atoms with van der Waals surface area (Å²) in [6.45, 7) is -0.589. The van der Waals surface area contributed by atoms with Gasteiger partial charge in [-0.05, 0) is 24.6 Å². The Morgan fingerprint density at radius 1 is 1.33 bits per heavy atom. The van der Waals surface area contributed by atoms with Crippen LogP contribution in [0.5, 0.6) is 0 Å². The van der Waals surface area contributed by atoms with Crippen molar-refractivity contribution in [1.82, 2.24) is 4.90 Å². The molecule has 0 saturated carbocycles. The van der Waals surface area contributed by atoms with Crippen LogP contribution in [-0.4, -0.2) is 56.4 Å². The summed E-state index contributed by atoms with van der Waals surface area (Å²) in [5.74, 6) is -1.93. The zero-order valence-electron chi connectivity index (χ0n) is 14.3. The van der Waals surface area contributed by atoms with Gasteiger partial charge in [0.15, 0.2) is 21.9 Å². The first-order chi connectivity index (χ1) is 12.7. The third-order valence-electron chi connectivity index (χ3n) is 4.37. The molecule has 1 saturated heterocycles. The van der Waals surface area contributed by atoms with Gasteiger partial charge < -0.3 is 14.1 Å². The van der Waals surface area contributed by atoms with Gasteiger partial charge in [0.05, 0.1) is 16.9 Å². The first kappa shape index (κ1) is 19.4. The van der Waals surface area contributed by atoms with Crippen LogP contribution in [0.25, 0.3) is 11.0 Å². The van der Waals surface area contributed by atoms with Crippen molar-refractivity contribution in [1.29, 1.82) is 0 Å². The van der Waals surface area contributed by atoms with E-state index in [-0.39, 0.29) is 28.2 Å². The molecule has 0 spiro atoms. The minimum absolute atomic E-state index is 0.0291. The Hall–Kier alpha value is -2.39. The van der Waals surface area contributed by atoms with Gasteiger partial charge in [0.2, 0.25) is 5.76 Å². The van der Waals surface area contributed by atoms with Gasteiger partial charge in [-0.2, -0.15) is 0 Å². The molecule has 0 bridgehead atoms. The summed E-state index contributed by atoms with van der Waals surface area (Å²) >= 11 is 5.83. The standard InChI is InChI=1S/C17H16ClNO7S/c1-19(11-4-5-27(23,24)9-11)16(21)8-25-17(22)15-7-13(20)12-6-10(18)2-3-14(12)26-15/h2-3,6-7,11H,4-5,8-9H2,1H3/t11-/m1/s1. The van der Waals surface area contributed by atoms with E-state index in [1.54, 1.807) is 0 Å². The van der Waals surface area contributed by atoms with Crippen LogP contribution in [-0.2, 0) is 19.4 Å². The molecule has 10 heteroatoms. The van der Waals surface area contributed by atoms with E-state index in [0.717, 1.165) is 6.07 Å². The molecule has 2 aromatic rings. The zero-order chi connectivity index (χ0) is 19.8. The highest BCUT2D eigenvalue weighted by Crippen LogP contribution is 2.19. The molecule has 3 rings (SSSR count). The highest BCUT2D eigenvalue weighted by molar-refractivity contribution is 7.91. The lowest BCUT2D eigenvalue weighted by molar-refractivity contribution is -0.134. The number of benzene rings is 1. The molecule has 144 valence electrons.